The van der Waals surface area contributed by atoms with Crippen LogP contribution in [0.3, 0.4) is 0 Å². The lowest BCUT2D eigenvalue weighted by Crippen LogP contribution is -2.34. The molecule has 0 amide bonds. The van der Waals surface area contributed by atoms with Crippen molar-refractivity contribution in [1.82, 2.24) is 19.5 Å². The van der Waals surface area contributed by atoms with Gasteiger partial charge < -0.3 is 35.3 Å². The Kier molecular flexibility index (Phi) is 5.33. The highest BCUT2D eigenvalue weighted by Crippen LogP contribution is 2.34. The molecule has 166 valence electrons. The molecule has 5 rings (SSSR count). The van der Waals surface area contributed by atoms with Crippen molar-refractivity contribution in [3.8, 4) is 5.75 Å². The van der Waals surface area contributed by atoms with E-state index >= 15 is 0 Å². The van der Waals surface area contributed by atoms with Crippen LogP contribution in [0.15, 0.2) is 47.3 Å². The van der Waals surface area contributed by atoms with E-state index in [1.54, 1.807) is 29.9 Å². The molecule has 5 N–H and O–H groups in total. The highest BCUT2D eigenvalue weighted by atomic mass is 79.9. The predicted octanol–water partition coefficient (Wildman–Crippen LogP) is 2.06. The number of anilines is 2. The number of halogens is 1. The lowest BCUT2D eigenvalue weighted by atomic mass is 10.1. The van der Waals surface area contributed by atoms with E-state index in [9.17, 15) is 10.2 Å². The number of ether oxygens (including phenoxy) is 2. The molecule has 32 heavy (non-hydrogen) atoms. The number of aliphatic hydroxyl groups is 2. The summed E-state index contributed by atoms with van der Waals surface area (Å²) in [6, 6.07) is 9.16. The van der Waals surface area contributed by atoms with Gasteiger partial charge in [0.15, 0.2) is 6.23 Å². The van der Waals surface area contributed by atoms with Crippen molar-refractivity contribution in [1.29, 1.82) is 0 Å². The van der Waals surface area contributed by atoms with E-state index in [-0.39, 0.29) is 6.61 Å². The number of nitrogen functional groups attached to an aromatic ring is 1. The molecule has 4 heterocycles. The van der Waals surface area contributed by atoms with Gasteiger partial charge in [0.2, 0.25) is 0 Å². The lowest BCUT2D eigenvalue weighted by Gasteiger charge is -2.17. The van der Waals surface area contributed by atoms with Gasteiger partial charge in [0.25, 0.3) is 0 Å². The van der Waals surface area contributed by atoms with Crippen molar-refractivity contribution < 1.29 is 19.7 Å². The second kappa shape index (κ2) is 8.17. The molecule has 0 bridgehead atoms. The van der Waals surface area contributed by atoms with Gasteiger partial charge in [-0.25, -0.2) is 15.0 Å². The fourth-order valence-electron chi connectivity index (χ4n) is 3.88. The third kappa shape index (κ3) is 3.52. The standard InChI is InChI=1S/C21H21BrN6O4/c1-24-19-12-4-5-28(20(12)26-9-25-19)21-17(30)16(29)15(32-21)8-31-11-3-2-10-6-13(22)18(23)27-14(10)7-11/h2-7,9,15-17,21,29-30H,8H2,1H3,(H2,23,27)(H,24,25,26)/t15-,16-,17-,21-/m1/s1. The molecule has 0 aliphatic carbocycles. The van der Waals surface area contributed by atoms with Crippen molar-refractivity contribution in [2.45, 2.75) is 24.5 Å². The average Bonchev–Trinajstić information content (AvgIpc) is 3.34. The summed E-state index contributed by atoms with van der Waals surface area (Å²) in [5, 5.41) is 25.9. The second-order valence-corrected chi connectivity index (χ2v) is 8.35. The highest BCUT2D eigenvalue weighted by molar-refractivity contribution is 9.10. The van der Waals surface area contributed by atoms with Gasteiger partial charge in [0.1, 0.15) is 54.3 Å². The second-order valence-electron chi connectivity index (χ2n) is 7.50. The van der Waals surface area contributed by atoms with Crippen LogP contribution in [0.25, 0.3) is 21.9 Å². The number of nitrogens with two attached hydrogens (primary N) is 1. The highest BCUT2D eigenvalue weighted by Gasteiger charge is 2.44. The van der Waals surface area contributed by atoms with Crippen LogP contribution < -0.4 is 15.8 Å². The Hall–Kier alpha value is -2.99. The van der Waals surface area contributed by atoms with E-state index in [0.717, 1.165) is 15.2 Å². The zero-order chi connectivity index (χ0) is 22.4. The van der Waals surface area contributed by atoms with E-state index in [1.807, 2.05) is 18.2 Å². The van der Waals surface area contributed by atoms with Crippen LogP contribution in [0, 0.1) is 0 Å². The van der Waals surface area contributed by atoms with Crippen LogP contribution >= 0.6 is 15.9 Å². The first-order chi connectivity index (χ1) is 15.5. The predicted molar refractivity (Wildman–Crippen MR) is 122 cm³/mol. The minimum atomic E-state index is -1.15. The Morgan fingerprint density at radius 2 is 2.06 bits per heavy atom. The normalized spacial score (nSPS) is 23.1. The monoisotopic (exact) mass is 500 g/mol. The van der Waals surface area contributed by atoms with Crippen LogP contribution in [0.1, 0.15) is 6.23 Å². The Labute approximate surface area is 191 Å². The molecule has 0 saturated carbocycles. The maximum absolute atomic E-state index is 10.6. The number of aromatic nitrogens is 4. The maximum Gasteiger partial charge on any atom is 0.164 e. The number of nitrogens with one attached hydrogen (secondary N) is 1. The van der Waals surface area contributed by atoms with Crippen molar-refractivity contribution in [2.24, 2.45) is 0 Å². The smallest absolute Gasteiger partial charge is 0.164 e. The summed E-state index contributed by atoms with van der Waals surface area (Å²) in [7, 11) is 1.77. The number of fused-ring (bicyclic) bond motifs is 2. The molecule has 0 spiro atoms. The Morgan fingerprint density at radius 3 is 2.88 bits per heavy atom. The van der Waals surface area contributed by atoms with Crippen molar-refractivity contribution in [2.75, 3.05) is 24.7 Å². The molecule has 0 radical (unpaired) electrons. The molecule has 1 saturated heterocycles. The van der Waals surface area contributed by atoms with Crippen molar-refractivity contribution >= 4 is 49.5 Å². The number of nitrogens with zero attached hydrogens (tertiary/aromatic N) is 4. The van der Waals surface area contributed by atoms with Crippen LogP contribution in [-0.2, 0) is 4.74 Å². The third-order valence-corrected chi connectivity index (χ3v) is 6.18. The SMILES string of the molecule is CNc1ncnc2c1ccn2[C@@H]1O[C@H](COc2ccc3cc(Br)c(N)nc3c2)[C@@H](O)[C@H]1O. The Bertz CT molecular complexity index is 1300. The molecule has 1 fully saturated rings. The zero-order valence-electron chi connectivity index (χ0n) is 17.0. The molecule has 11 heteroatoms. The fraction of sp³-hybridized carbons (Fsp3) is 0.286. The fourth-order valence-corrected chi connectivity index (χ4v) is 4.21. The quantitative estimate of drug-likeness (QED) is 0.324. The first-order valence-corrected chi connectivity index (χ1v) is 10.7. The summed E-state index contributed by atoms with van der Waals surface area (Å²) < 4.78 is 14.2. The first-order valence-electron chi connectivity index (χ1n) is 9.95. The van der Waals surface area contributed by atoms with Gasteiger partial charge >= 0.3 is 0 Å². The van der Waals surface area contributed by atoms with E-state index in [2.05, 4.69) is 36.2 Å². The Balaban J connectivity index is 1.34. The number of aliphatic hydroxyl groups excluding tert-OH is 2. The Morgan fingerprint density at radius 1 is 1.22 bits per heavy atom. The summed E-state index contributed by atoms with van der Waals surface area (Å²) >= 11 is 3.37. The molecule has 4 atom stereocenters. The average molecular weight is 501 g/mol. The van der Waals surface area contributed by atoms with E-state index < -0.39 is 24.5 Å². The minimum Gasteiger partial charge on any atom is -0.491 e. The summed E-state index contributed by atoms with van der Waals surface area (Å²) in [6.45, 7) is 0.0438. The molecular weight excluding hydrogens is 480 g/mol. The largest absolute Gasteiger partial charge is 0.491 e. The third-order valence-electron chi connectivity index (χ3n) is 5.54. The van der Waals surface area contributed by atoms with Crippen molar-refractivity contribution in [3.05, 3.63) is 47.3 Å². The summed E-state index contributed by atoms with van der Waals surface area (Å²) in [6.07, 6.45) is -0.650. The first kappa shape index (κ1) is 20.9. The topological polar surface area (TPSA) is 141 Å². The van der Waals surface area contributed by atoms with E-state index in [0.29, 0.717) is 28.5 Å². The molecule has 1 aliphatic heterocycles. The number of hydrogen-bond acceptors (Lipinski definition) is 9. The number of pyridine rings is 1. The molecule has 0 unspecified atom stereocenters. The molecule has 1 aromatic carbocycles. The van der Waals surface area contributed by atoms with E-state index in [1.165, 1.54) is 6.33 Å². The molecule has 3 aromatic heterocycles. The number of hydrogen-bond donors (Lipinski definition) is 4. The molecular formula is C21H21BrN6O4. The van der Waals surface area contributed by atoms with Gasteiger partial charge in [-0.1, -0.05) is 0 Å². The van der Waals surface area contributed by atoms with Crippen LogP contribution in [0.5, 0.6) is 5.75 Å². The summed E-state index contributed by atoms with van der Waals surface area (Å²) in [5.41, 5.74) is 7.14. The number of rotatable bonds is 5. The lowest BCUT2D eigenvalue weighted by molar-refractivity contribution is -0.0471. The number of benzene rings is 1. The van der Waals surface area contributed by atoms with Gasteiger partial charge in [0, 0.05) is 24.7 Å². The van der Waals surface area contributed by atoms with Gasteiger partial charge in [-0.05, 0) is 40.2 Å². The van der Waals surface area contributed by atoms with Gasteiger partial charge in [-0.2, -0.15) is 0 Å². The zero-order valence-corrected chi connectivity index (χ0v) is 18.6. The summed E-state index contributed by atoms with van der Waals surface area (Å²) in [4.78, 5) is 12.8. The maximum atomic E-state index is 10.6. The van der Waals surface area contributed by atoms with Crippen LogP contribution in [0.2, 0.25) is 0 Å². The van der Waals surface area contributed by atoms with Gasteiger partial charge in [-0.3, -0.25) is 0 Å². The van der Waals surface area contributed by atoms with E-state index in [4.69, 9.17) is 15.2 Å². The van der Waals surface area contributed by atoms with Gasteiger partial charge in [0.05, 0.1) is 15.4 Å². The van der Waals surface area contributed by atoms with Crippen molar-refractivity contribution in [3.63, 3.8) is 0 Å². The molecule has 4 aromatic rings. The van der Waals surface area contributed by atoms with Gasteiger partial charge in [-0.15, -0.1) is 0 Å². The van der Waals surface area contributed by atoms with Crippen LogP contribution in [-0.4, -0.2) is 61.7 Å². The summed E-state index contributed by atoms with van der Waals surface area (Å²) in [5.74, 6) is 1.61. The van der Waals surface area contributed by atoms with Crippen LogP contribution in [0.4, 0.5) is 11.6 Å². The molecule has 1 aliphatic rings. The minimum absolute atomic E-state index is 0.0438. The molecule has 10 nitrogen and oxygen atoms in total.